The lowest BCUT2D eigenvalue weighted by Gasteiger charge is -2.16. The number of halogens is 1. The molecule has 0 radical (unpaired) electrons. The van der Waals surface area contributed by atoms with Crippen molar-refractivity contribution >= 4 is 17.1 Å². The van der Waals surface area contributed by atoms with E-state index in [2.05, 4.69) is 9.97 Å². The summed E-state index contributed by atoms with van der Waals surface area (Å²) >= 11 is 0. The van der Waals surface area contributed by atoms with E-state index in [1.165, 1.54) is 16.7 Å². The average Bonchev–Trinajstić information content (AvgIpc) is 3.40. The molecule has 1 N–H and O–H groups in total. The topological polar surface area (TPSA) is 71.0 Å². The Kier molecular flexibility index (Phi) is 3.86. The maximum absolute atomic E-state index is 13.4. The molecule has 0 spiro atoms. The number of aryl methyl sites for hydroxylation is 1. The molecule has 134 valence electrons. The van der Waals surface area contributed by atoms with Crippen LogP contribution < -0.4 is 5.69 Å². The van der Waals surface area contributed by atoms with E-state index in [0.717, 1.165) is 29.5 Å². The zero-order valence-corrected chi connectivity index (χ0v) is 14.6. The Labute approximate surface area is 149 Å². The molecule has 1 fully saturated rings. The molecular formula is C19H19FN4O2. The van der Waals surface area contributed by atoms with Crippen molar-refractivity contribution in [1.82, 2.24) is 19.4 Å². The molecule has 0 saturated heterocycles. The van der Waals surface area contributed by atoms with Crippen LogP contribution in [0, 0.1) is 12.7 Å². The molecule has 7 heteroatoms. The number of imidazole rings is 1. The summed E-state index contributed by atoms with van der Waals surface area (Å²) in [6, 6.07) is 6.64. The molecule has 6 nitrogen and oxygen atoms in total. The van der Waals surface area contributed by atoms with E-state index >= 15 is 0 Å². The maximum atomic E-state index is 13.4. The van der Waals surface area contributed by atoms with Crippen molar-refractivity contribution in [3.63, 3.8) is 0 Å². The van der Waals surface area contributed by atoms with Gasteiger partial charge in [0, 0.05) is 24.8 Å². The van der Waals surface area contributed by atoms with Crippen molar-refractivity contribution in [1.29, 1.82) is 0 Å². The van der Waals surface area contributed by atoms with Gasteiger partial charge in [-0.25, -0.2) is 14.2 Å². The van der Waals surface area contributed by atoms with Gasteiger partial charge in [0.2, 0.25) is 5.91 Å². The first-order chi connectivity index (χ1) is 12.4. The number of nitrogens with one attached hydrogen (secondary N) is 1. The quantitative estimate of drug-likeness (QED) is 0.782. The molecule has 1 saturated carbocycles. The fraction of sp³-hybridized carbons (Fsp3) is 0.316. The van der Waals surface area contributed by atoms with Crippen LogP contribution in [0.15, 0.2) is 35.3 Å². The van der Waals surface area contributed by atoms with Gasteiger partial charge < -0.3 is 4.90 Å². The third-order valence-electron chi connectivity index (χ3n) is 4.91. The lowest BCUT2D eigenvalue weighted by atomic mass is 10.0. The Morgan fingerprint density at radius 1 is 1.38 bits per heavy atom. The van der Waals surface area contributed by atoms with Crippen LogP contribution in [0.3, 0.4) is 0 Å². The normalized spacial score (nSPS) is 14.0. The minimum atomic E-state index is -0.363. The fourth-order valence-electron chi connectivity index (χ4n) is 3.20. The highest BCUT2D eigenvalue weighted by Gasteiger charge is 2.30. The van der Waals surface area contributed by atoms with E-state index in [9.17, 15) is 14.0 Å². The van der Waals surface area contributed by atoms with E-state index in [1.807, 2.05) is 13.0 Å². The molecule has 26 heavy (non-hydrogen) atoms. The van der Waals surface area contributed by atoms with Gasteiger partial charge in [-0.1, -0.05) is 6.07 Å². The molecule has 1 aliphatic carbocycles. The third-order valence-corrected chi connectivity index (χ3v) is 4.91. The minimum absolute atomic E-state index is 0.0284. The number of carbonyl (C=O) groups excluding carboxylic acids is 1. The summed E-state index contributed by atoms with van der Waals surface area (Å²) in [5.41, 5.74) is 3.01. The summed E-state index contributed by atoms with van der Waals surface area (Å²) in [4.78, 5) is 33.4. The molecule has 1 aromatic carbocycles. The number of benzene rings is 1. The molecule has 1 aliphatic rings. The zero-order valence-electron chi connectivity index (χ0n) is 14.6. The standard InChI is InChI=1S/C19H19FN4O2/c1-11-7-13(20)3-6-15(11)12-8-16-18(21-9-12)22-19(26)24(16)10-17(25)23(2)14-4-5-14/h3,6-9,14H,4-5,10H2,1-2H3,(H,21,22,26). The summed E-state index contributed by atoms with van der Waals surface area (Å²) in [5.74, 6) is -0.397. The molecule has 0 atom stereocenters. The largest absolute Gasteiger partial charge is 0.341 e. The smallest absolute Gasteiger partial charge is 0.328 e. The number of aromatic amines is 1. The highest BCUT2D eigenvalue weighted by molar-refractivity contribution is 5.82. The third kappa shape index (κ3) is 2.89. The number of carbonyl (C=O) groups is 1. The van der Waals surface area contributed by atoms with Crippen LogP contribution in [0.2, 0.25) is 0 Å². The fourth-order valence-corrected chi connectivity index (χ4v) is 3.20. The van der Waals surface area contributed by atoms with Crippen LogP contribution in [0.4, 0.5) is 4.39 Å². The summed E-state index contributed by atoms with van der Waals surface area (Å²) < 4.78 is 14.8. The first-order valence-electron chi connectivity index (χ1n) is 8.55. The summed E-state index contributed by atoms with van der Waals surface area (Å²) in [7, 11) is 1.77. The van der Waals surface area contributed by atoms with Crippen LogP contribution >= 0.6 is 0 Å². The second-order valence-corrected chi connectivity index (χ2v) is 6.80. The van der Waals surface area contributed by atoms with Crippen molar-refractivity contribution in [2.24, 2.45) is 0 Å². The van der Waals surface area contributed by atoms with E-state index in [4.69, 9.17) is 0 Å². The van der Waals surface area contributed by atoms with E-state index in [1.54, 1.807) is 24.2 Å². The number of likely N-dealkylation sites (N-methyl/N-ethyl adjacent to an activating group) is 1. The van der Waals surface area contributed by atoms with Gasteiger partial charge in [0.05, 0.1) is 5.52 Å². The number of rotatable bonds is 4. The van der Waals surface area contributed by atoms with Gasteiger partial charge in [-0.2, -0.15) is 0 Å². The number of aromatic nitrogens is 3. The Bertz CT molecular complexity index is 1070. The molecule has 3 aromatic rings. The van der Waals surface area contributed by atoms with Gasteiger partial charge in [0.15, 0.2) is 5.65 Å². The molecule has 1 amide bonds. The average molecular weight is 354 g/mol. The Morgan fingerprint density at radius 2 is 2.15 bits per heavy atom. The van der Waals surface area contributed by atoms with Crippen LogP contribution in [-0.2, 0) is 11.3 Å². The molecule has 4 rings (SSSR count). The SMILES string of the molecule is Cc1cc(F)ccc1-c1cnc2[nH]c(=O)n(CC(=O)N(C)C3CC3)c2c1. The molecule has 2 aromatic heterocycles. The first-order valence-corrected chi connectivity index (χ1v) is 8.55. The highest BCUT2D eigenvalue weighted by Crippen LogP contribution is 2.27. The van der Waals surface area contributed by atoms with Crippen LogP contribution in [0.1, 0.15) is 18.4 Å². The molecular weight excluding hydrogens is 335 g/mol. The molecule has 2 heterocycles. The highest BCUT2D eigenvalue weighted by atomic mass is 19.1. The Morgan fingerprint density at radius 3 is 2.85 bits per heavy atom. The van der Waals surface area contributed by atoms with Crippen molar-refractivity contribution in [3.8, 4) is 11.1 Å². The van der Waals surface area contributed by atoms with Crippen molar-refractivity contribution in [3.05, 3.63) is 52.3 Å². The number of amides is 1. The maximum Gasteiger partial charge on any atom is 0.328 e. The summed E-state index contributed by atoms with van der Waals surface area (Å²) in [6.07, 6.45) is 3.67. The van der Waals surface area contributed by atoms with E-state index in [0.29, 0.717) is 17.2 Å². The van der Waals surface area contributed by atoms with E-state index < -0.39 is 0 Å². The van der Waals surface area contributed by atoms with Crippen LogP contribution in [0.5, 0.6) is 0 Å². The van der Waals surface area contributed by atoms with Gasteiger partial charge in [-0.3, -0.25) is 14.3 Å². The van der Waals surface area contributed by atoms with E-state index in [-0.39, 0.29) is 24.0 Å². The second-order valence-electron chi connectivity index (χ2n) is 6.80. The van der Waals surface area contributed by atoms with Gasteiger partial charge in [-0.05, 0) is 49.1 Å². The van der Waals surface area contributed by atoms with Crippen molar-refractivity contribution in [2.75, 3.05) is 7.05 Å². The minimum Gasteiger partial charge on any atom is -0.341 e. The zero-order chi connectivity index (χ0) is 18.4. The number of hydrogen-bond acceptors (Lipinski definition) is 3. The van der Waals surface area contributed by atoms with Gasteiger partial charge in [0.25, 0.3) is 0 Å². The number of fused-ring (bicyclic) bond motifs is 1. The predicted octanol–water partition coefficient (Wildman–Crippen LogP) is 2.46. The number of nitrogens with zero attached hydrogens (tertiary/aromatic N) is 3. The Hall–Kier alpha value is -2.96. The van der Waals surface area contributed by atoms with Crippen molar-refractivity contribution < 1.29 is 9.18 Å². The first kappa shape index (κ1) is 16.5. The molecule has 0 unspecified atom stereocenters. The molecule has 0 aliphatic heterocycles. The number of pyridine rings is 1. The lowest BCUT2D eigenvalue weighted by molar-refractivity contribution is -0.131. The van der Waals surface area contributed by atoms with Gasteiger partial charge in [0.1, 0.15) is 12.4 Å². The van der Waals surface area contributed by atoms with Crippen molar-refractivity contribution in [2.45, 2.75) is 32.4 Å². The molecule has 0 bridgehead atoms. The monoisotopic (exact) mass is 354 g/mol. The predicted molar refractivity (Wildman–Crippen MR) is 96.3 cm³/mol. The van der Waals surface area contributed by atoms with Gasteiger partial charge in [-0.15, -0.1) is 0 Å². The van der Waals surface area contributed by atoms with Crippen LogP contribution in [0.25, 0.3) is 22.3 Å². The summed E-state index contributed by atoms with van der Waals surface area (Å²) in [5, 5.41) is 0. The Balaban J connectivity index is 1.75. The second kappa shape index (κ2) is 6.09. The number of H-pyrrole nitrogens is 1. The lowest BCUT2D eigenvalue weighted by Crippen LogP contribution is -2.34. The van der Waals surface area contributed by atoms with Gasteiger partial charge >= 0.3 is 5.69 Å². The van der Waals surface area contributed by atoms with Crippen LogP contribution in [-0.4, -0.2) is 38.4 Å². The number of hydrogen-bond donors (Lipinski definition) is 1. The summed E-state index contributed by atoms with van der Waals surface area (Å²) in [6.45, 7) is 1.79.